The lowest BCUT2D eigenvalue weighted by Crippen LogP contribution is -2.43. The van der Waals surface area contributed by atoms with Crippen LogP contribution in [-0.2, 0) is 30.5 Å². The van der Waals surface area contributed by atoms with E-state index in [2.05, 4.69) is 34.5 Å². The Morgan fingerprint density at radius 2 is 1.83 bits per heavy atom. The van der Waals surface area contributed by atoms with E-state index in [1.54, 1.807) is 30.6 Å². The van der Waals surface area contributed by atoms with Gasteiger partial charge in [0.05, 0.1) is 41.5 Å². The maximum Gasteiger partial charge on any atom is 0.296 e. The fourth-order valence-electron chi connectivity index (χ4n) is 5.13. The number of nitrogens with zero attached hydrogens (tertiary/aromatic N) is 5. The van der Waals surface area contributed by atoms with E-state index in [9.17, 15) is 8.42 Å². The van der Waals surface area contributed by atoms with Crippen LogP contribution in [-0.4, -0.2) is 81.4 Å². The zero-order valence-corrected chi connectivity index (χ0v) is 29.4. The molecule has 1 atom stereocenters. The van der Waals surface area contributed by atoms with E-state index in [0.29, 0.717) is 45.1 Å². The molecule has 0 N–H and O–H groups in total. The van der Waals surface area contributed by atoms with Crippen molar-refractivity contribution in [2.24, 2.45) is 0 Å². The van der Waals surface area contributed by atoms with Gasteiger partial charge in [-0.25, -0.2) is 14.6 Å². The van der Waals surface area contributed by atoms with Crippen molar-refractivity contribution in [2.45, 2.75) is 76.7 Å². The Hall–Kier alpha value is -3.36. The van der Waals surface area contributed by atoms with Crippen LogP contribution in [0.5, 0.6) is 5.75 Å². The first-order valence-corrected chi connectivity index (χ1v) is 20.9. The summed E-state index contributed by atoms with van der Waals surface area (Å²) in [6.45, 7) is 15.6. The maximum absolute atomic E-state index is 12.6. The molecule has 4 aromatic rings. The Morgan fingerprint density at radius 1 is 1.04 bits per heavy atom. The minimum Gasteiger partial charge on any atom is -0.491 e. The first-order valence-electron chi connectivity index (χ1n) is 15.8. The second-order valence-electron chi connectivity index (χ2n) is 13.1. The predicted octanol–water partition coefficient (Wildman–Crippen LogP) is 5.90. The van der Waals surface area contributed by atoms with Crippen molar-refractivity contribution in [3.05, 3.63) is 60.4 Å². The van der Waals surface area contributed by atoms with Crippen LogP contribution in [0.15, 0.2) is 59.8 Å². The lowest BCUT2D eigenvalue weighted by Gasteiger charge is -2.33. The molecular weight excluding hydrogens is 623 g/mol. The van der Waals surface area contributed by atoms with Gasteiger partial charge in [0.25, 0.3) is 10.1 Å². The predicted molar refractivity (Wildman–Crippen MR) is 182 cm³/mol. The molecule has 2 aromatic heterocycles. The van der Waals surface area contributed by atoms with Gasteiger partial charge in [-0.1, -0.05) is 37.3 Å². The molecule has 0 bridgehead atoms. The number of fused-ring (bicyclic) bond motifs is 1. The zero-order chi connectivity index (χ0) is 32.9. The Morgan fingerprint density at radius 3 is 2.57 bits per heavy atom. The van der Waals surface area contributed by atoms with Gasteiger partial charge in [0.1, 0.15) is 30.3 Å². The van der Waals surface area contributed by atoms with Gasteiger partial charge in [-0.2, -0.15) is 13.5 Å². The molecule has 1 aliphatic rings. The number of hydrogen-bond donors (Lipinski definition) is 0. The lowest BCUT2D eigenvalue weighted by atomic mass is 10.1. The quantitative estimate of drug-likeness (QED) is 0.0914. The van der Waals surface area contributed by atoms with Crippen LogP contribution in [0.3, 0.4) is 0 Å². The van der Waals surface area contributed by atoms with Crippen molar-refractivity contribution in [1.82, 2.24) is 19.7 Å². The highest BCUT2D eigenvalue weighted by Crippen LogP contribution is 2.32. The first-order chi connectivity index (χ1) is 21.9. The van der Waals surface area contributed by atoms with E-state index in [-0.39, 0.29) is 23.7 Å². The van der Waals surface area contributed by atoms with Crippen LogP contribution in [0, 0.1) is 6.92 Å². The van der Waals surface area contributed by atoms with Crippen molar-refractivity contribution < 1.29 is 26.8 Å². The highest BCUT2D eigenvalue weighted by molar-refractivity contribution is 7.86. The number of benzene rings is 2. The smallest absolute Gasteiger partial charge is 0.296 e. The molecule has 0 spiro atoms. The molecule has 11 nitrogen and oxygen atoms in total. The van der Waals surface area contributed by atoms with E-state index < -0.39 is 18.2 Å². The van der Waals surface area contributed by atoms with Crippen molar-refractivity contribution in [3.63, 3.8) is 0 Å². The number of morpholine rings is 1. The van der Waals surface area contributed by atoms with Crippen LogP contribution in [0.2, 0.25) is 25.7 Å². The third-order valence-electron chi connectivity index (χ3n) is 7.65. The molecule has 0 amide bonds. The molecule has 1 aliphatic heterocycles. The second kappa shape index (κ2) is 14.6. The summed E-state index contributed by atoms with van der Waals surface area (Å²) >= 11 is 0. The number of ether oxygens (including phenoxy) is 3. The molecule has 248 valence electrons. The minimum absolute atomic E-state index is 0.0218. The summed E-state index contributed by atoms with van der Waals surface area (Å²) in [6, 6.07) is 15.6. The SMILES string of the molecule is Cc1ccc(S(=O)(=O)OCCC2CN(c3cc(-c4nn(COCC[Si](C)(C)C)c5ccc(OC(C)C)cc45)ncn3)CCO2)cc1. The Bertz CT molecular complexity index is 1720. The maximum atomic E-state index is 12.6. The molecule has 0 saturated carbocycles. The monoisotopic (exact) mass is 667 g/mol. The number of hydrogen-bond acceptors (Lipinski definition) is 10. The van der Waals surface area contributed by atoms with Crippen LogP contribution < -0.4 is 9.64 Å². The summed E-state index contributed by atoms with van der Waals surface area (Å²) in [4.78, 5) is 11.5. The summed E-state index contributed by atoms with van der Waals surface area (Å²) in [7, 11) is -5.05. The highest BCUT2D eigenvalue weighted by Gasteiger charge is 2.24. The zero-order valence-electron chi connectivity index (χ0n) is 27.6. The third kappa shape index (κ3) is 8.91. The normalized spacial score (nSPS) is 16.0. The standard InChI is InChI=1S/C33H45N5O6SSi/c1-24(2)44-26-9-12-31-29(19-26)33(36-38(31)23-41-17-18-46(4,5)6)30-20-32(35-22-34-30)37-14-16-42-27(21-37)13-15-43-45(39,40)28-10-7-25(3)8-11-28/h7-12,19-20,22,24,27H,13-18,21,23H2,1-6H3. The van der Waals surface area contributed by atoms with Crippen LogP contribution in [0.25, 0.3) is 22.3 Å². The molecule has 13 heteroatoms. The molecule has 1 saturated heterocycles. The summed E-state index contributed by atoms with van der Waals surface area (Å²) in [6.07, 6.45) is 1.79. The fraction of sp³-hybridized carbons (Fsp3) is 0.485. The van der Waals surface area contributed by atoms with Crippen molar-refractivity contribution in [3.8, 4) is 17.1 Å². The van der Waals surface area contributed by atoms with Gasteiger partial charge in [-0.15, -0.1) is 0 Å². The summed E-state index contributed by atoms with van der Waals surface area (Å²) in [5.74, 6) is 1.51. The van der Waals surface area contributed by atoms with Gasteiger partial charge in [-0.3, -0.25) is 4.18 Å². The fourth-order valence-corrected chi connectivity index (χ4v) is 6.81. The third-order valence-corrected chi connectivity index (χ3v) is 10.7. The highest BCUT2D eigenvalue weighted by atomic mass is 32.2. The average Bonchev–Trinajstić information content (AvgIpc) is 3.36. The molecule has 5 rings (SSSR count). The van der Waals surface area contributed by atoms with Crippen molar-refractivity contribution >= 4 is 34.9 Å². The molecule has 1 fully saturated rings. The lowest BCUT2D eigenvalue weighted by molar-refractivity contribution is 0.0271. The molecule has 46 heavy (non-hydrogen) atoms. The van der Waals surface area contributed by atoms with Gasteiger partial charge in [-0.05, 0) is 57.1 Å². The summed E-state index contributed by atoms with van der Waals surface area (Å²) in [5.41, 5.74) is 3.33. The number of anilines is 1. The van der Waals surface area contributed by atoms with E-state index >= 15 is 0 Å². The number of rotatable bonds is 14. The molecule has 0 radical (unpaired) electrons. The summed E-state index contributed by atoms with van der Waals surface area (Å²) in [5, 5.41) is 5.87. The largest absolute Gasteiger partial charge is 0.491 e. The second-order valence-corrected chi connectivity index (χ2v) is 20.4. The molecule has 1 unspecified atom stereocenters. The van der Waals surface area contributed by atoms with E-state index in [1.165, 1.54) is 0 Å². The topological polar surface area (TPSA) is 118 Å². The van der Waals surface area contributed by atoms with Gasteiger partial charge >= 0.3 is 0 Å². The van der Waals surface area contributed by atoms with Crippen LogP contribution in [0.1, 0.15) is 25.8 Å². The van der Waals surface area contributed by atoms with Crippen molar-refractivity contribution in [1.29, 1.82) is 0 Å². The van der Waals surface area contributed by atoms with Crippen LogP contribution >= 0.6 is 0 Å². The van der Waals surface area contributed by atoms with E-state index in [4.69, 9.17) is 23.5 Å². The molecule has 2 aromatic carbocycles. The molecule has 3 heterocycles. The van der Waals surface area contributed by atoms with Gasteiger partial charge < -0.3 is 19.1 Å². The average molecular weight is 668 g/mol. The first kappa shape index (κ1) is 34.0. The van der Waals surface area contributed by atoms with Gasteiger partial charge in [0.2, 0.25) is 0 Å². The Balaban J connectivity index is 1.31. The van der Waals surface area contributed by atoms with Crippen LogP contribution in [0.4, 0.5) is 5.82 Å². The van der Waals surface area contributed by atoms with Crippen molar-refractivity contribution in [2.75, 3.05) is 37.8 Å². The Labute approximate surface area is 273 Å². The summed E-state index contributed by atoms with van der Waals surface area (Å²) < 4.78 is 50.5. The van der Waals surface area contributed by atoms with Gasteiger partial charge in [0, 0.05) is 45.6 Å². The minimum atomic E-state index is -3.83. The number of aryl methyl sites for hydroxylation is 1. The van der Waals surface area contributed by atoms with E-state index in [0.717, 1.165) is 39.8 Å². The Kier molecular flexibility index (Phi) is 10.8. The van der Waals surface area contributed by atoms with E-state index in [1.807, 2.05) is 49.7 Å². The van der Waals surface area contributed by atoms with Gasteiger partial charge in [0.15, 0.2) is 0 Å². The number of aromatic nitrogens is 4. The molecule has 0 aliphatic carbocycles. The molecular formula is C33H45N5O6SSi.